The Morgan fingerprint density at radius 2 is 1.94 bits per heavy atom. The minimum absolute atomic E-state index is 0.124. The highest BCUT2D eigenvalue weighted by atomic mass is 32.2. The molecule has 8 nitrogen and oxygen atoms in total. The van der Waals surface area contributed by atoms with Crippen LogP contribution in [0.5, 0.6) is 17.4 Å². The zero-order chi connectivity index (χ0) is 24.2. The number of methoxy groups -OCH3 is 1. The molecule has 0 atom stereocenters. The molecule has 180 valence electrons. The summed E-state index contributed by atoms with van der Waals surface area (Å²) in [6.07, 6.45) is 3.93. The van der Waals surface area contributed by atoms with Gasteiger partial charge in [-0.25, -0.2) is 22.8 Å². The minimum atomic E-state index is -2.94. The number of benzene rings is 2. The second kappa shape index (κ2) is 7.94. The average molecular weight is 495 g/mol. The predicted octanol–water partition coefficient (Wildman–Crippen LogP) is 4.19. The largest absolute Gasteiger partial charge is 0.494 e. The van der Waals surface area contributed by atoms with Crippen LogP contribution in [0.25, 0.3) is 22.2 Å². The summed E-state index contributed by atoms with van der Waals surface area (Å²) in [5.41, 5.74) is 2.82. The van der Waals surface area contributed by atoms with Gasteiger partial charge in [-0.05, 0) is 42.8 Å². The lowest BCUT2D eigenvalue weighted by Crippen LogP contribution is -2.50. The SMILES string of the molecule is COc1cc2nc(-c3ccc(Oc4cnc[nH]4)cc3)cc(N3CCC4(C3)CS(=O)(=O)C4)c2cc1F. The molecule has 2 saturated heterocycles. The normalized spacial score (nSPS) is 18.1. The van der Waals surface area contributed by atoms with Crippen molar-refractivity contribution in [3.05, 3.63) is 60.8 Å². The molecular formula is C25H23FN4O4S. The first-order valence-corrected chi connectivity index (χ1v) is 13.1. The Morgan fingerprint density at radius 1 is 1.14 bits per heavy atom. The molecular weight excluding hydrogens is 471 g/mol. The Morgan fingerprint density at radius 3 is 2.63 bits per heavy atom. The Balaban J connectivity index is 1.39. The second-order valence-electron chi connectivity index (χ2n) is 9.28. The van der Waals surface area contributed by atoms with Gasteiger partial charge in [-0.3, -0.25) is 0 Å². The van der Waals surface area contributed by atoms with Crippen LogP contribution in [-0.2, 0) is 9.84 Å². The predicted molar refractivity (Wildman–Crippen MR) is 130 cm³/mol. The fourth-order valence-corrected chi connectivity index (χ4v) is 7.42. The third-order valence-corrected chi connectivity index (χ3v) is 8.85. The van der Waals surface area contributed by atoms with Crippen molar-refractivity contribution in [3.63, 3.8) is 0 Å². The maximum absolute atomic E-state index is 14.7. The maximum atomic E-state index is 14.7. The van der Waals surface area contributed by atoms with Crippen molar-refractivity contribution in [3.8, 4) is 28.6 Å². The van der Waals surface area contributed by atoms with E-state index in [4.69, 9.17) is 14.5 Å². The molecule has 1 spiro atoms. The fraction of sp³-hybridized carbons (Fsp3) is 0.280. The standard InChI is InChI=1S/C25H23FN4O4S/c1-33-23-10-21-18(8-19(23)26)22(30-7-6-25(12-30)13-35(31,32)14-25)9-20(29-21)16-2-4-17(5-3-16)34-24-11-27-15-28-24/h2-5,8-11,15H,6-7,12-14H2,1H3,(H,27,28). The van der Waals surface area contributed by atoms with Crippen molar-refractivity contribution >= 4 is 26.4 Å². The van der Waals surface area contributed by atoms with Gasteiger partial charge in [0.1, 0.15) is 5.75 Å². The van der Waals surface area contributed by atoms with Crippen molar-refractivity contribution < 1.29 is 22.3 Å². The number of ether oxygens (including phenoxy) is 2. The van der Waals surface area contributed by atoms with Gasteiger partial charge >= 0.3 is 0 Å². The molecule has 0 aliphatic carbocycles. The van der Waals surface area contributed by atoms with E-state index in [2.05, 4.69) is 14.9 Å². The van der Waals surface area contributed by atoms with Gasteiger partial charge in [-0.15, -0.1) is 0 Å². The van der Waals surface area contributed by atoms with Crippen LogP contribution in [0.15, 0.2) is 55.0 Å². The highest BCUT2D eigenvalue weighted by Gasteiger charge is 2.52. The van der Waals surface area contributed by atoms with E-state index in [1.165, 1.54) is 13.2 Å². The van der Waals surface area contributed by atoms with Crippen molar-refractivity contribution in [2.24, 2.45) is 5.41 Å². The van der Waals surface area contributed by atoms with E-state index >= 15 is 0 Å². The number of anilines is 1. The first kappa shape index (κ1) is 21.8. The van der Waals surface area contributed by atoms with E-state index in [-0.39, 0.29) is 22.7 Å². The van der Waals surface area contributed by atoms with E-state index in [0.717, 1.165) is 23.4 Å². The molecule has 0 bridgehead atoms. The highest BCUT2D eigenvalue weighted by Crippen LogP contribution is 2.45. The molecule has 0 radical (unpaired) electrons. The van der Waals surface area contributed by atoms with Gasteiger partial charge in [0.25, 0.3) is 0 Å². The third-order valence-electron chi connectivity index (χ3n) is 6.74. The monoisotopic (exact) mass is 494 g/mol. The number of aromatic amines is 1. The number of halogens is 1. The van der Waals surface area contributed by atoms with Gasteiger partial charge in [0, 0.05) is 41.2 Å². The molecule has 0 amide bonds. The average Bonchev–Trinajstić information content (AvgIpc) is 3.48. The van der Waals surface area contributed by atoms with E-state index < -0.39 is 15.7 Å². The number of nitrogens with one attached hydrogen (secondary N) is 1. The van der Waals surface area contributed by atoms with Crippen LogP contribution in [0.2, 0.25) is 0 Å². The quantitative estimate of drug-likeness (QED) is 0.444. The van der Waals surface area contributed by atoms with Gasteiger partial charge < -0.3 is 19.4 Å². The Bertz CT molecular complexity index is 1510. The zero-order valence-electron chi connectivity index (χ0n) is 19.0. The molecule has 10 heteroatoms. The Kier molecular flexibility index (Phi) is 4.96. The van der Waals surface area contributed by atoms with Crippen LogP contribution in [0.3, 0.4) is 0 Å². The lowest BCUT2D eigenvalue weighted by molar-refractivity contribution is 0.374. The Labute approximate surface area is 201 Å². The smallest absolute Gasteiger partial charge is 0.217 e. The highest BCUT2D eigenvalue weighted by molar-refractivity contribution is 7.92. The summed E-state index contributed by atoms with van der Waals surface area (Å²) in [6, 6.07) is 12.5. The summed E-state index contributed by atoms with van der Waals surface area (Å²) in [5.74, 6) is 1.28. The number of hydrogen-bond acceptors (Lipinski definition) is 7. The zero-order valence-corrected chi connectivity index (χ0v) is 19.8. The van der Waals surface area contributed by atoms with Gasteiger partial charge in [0.05, 0.1) is 42.4 Å². The van der Waals surface area contributed by atoms with Crippen LogP contribution >= 0.6 is 0 Å². The minimum Gasteiger partial charge on any atom is -0.494 e. The number of fused-ring (bicyclic) bond motifs is 1. The molecule has 4 heterocycles. The van der Waals surface area contributed by atoms with Crippen molar-refractivity contribution in [2.75, 3.05) is 36.6 Å². The number of rotatable bonds is 5. The topological polar surface area (TPSA) is 97.4 Å². The van der Waals surface area contributed by atoms with E-state index in [0.29, 0.717) is 35.6 Å². The van der Waals surface area contributed by atoms with Crippen LogP contribution in [-0.4, -0.2) is 55.1 Å². The molecule has 2 fully saturated rings. The molecule has 2 aliphatic heterocycles. The molecule has 2 aliphatic rings. The Hall–Kier alpha value is -3.66. The van der Waals surface area contributed by atoms with E-state index in [1.807, 2.05) is 30.3 Å². The first-order valence-electron chi connectivity index (χ1n) is 11.2. The second-order valence-corrected chi connectivity index (χ2v) is 11.3. The van der Waals surface area contributed by atoms with E-state index in [1.54, 1.807) is 18.6 Å². The summed E-state index contributed by atoms with van der Waals surface area (Å²) in [7, 11) is -1.52. The van der Waals surface area contributed by atoms with Crippen LogP contribution in [0, 0.1) is 11.2 Å². The molecule has 35 heavy (non-hydrogen) atoms. The summed E-state index contributed by atoms with van der Waals surface area (Å²) in [6.45, 7) is 1.33. The lowest BCUT2D eigenvalue weighted by atomic mass is 9.91. The van der Waals surface area contributed by atoms with Gasteiger partial charge in [0.15, 0.2) is 21.4 Å². The third kappa shape index (κ3) is 3.97. The summed E-state index contributed by atoms with van der Waals surface area (Å²) in [5, 5.41) is 0.672. The summed E-state index contributed by atoms with van der Waals surface area (Å²) in [4.78, 5) is 13.8. The van der Waals surface area contributed by atoms with Crippen LogP contribution in [0.1, 0.15) is 6.42 Å². The van der Waals surface area contributed by atoms with Crippen molar-refractivity contribution in [2.45, 2.75) is 6.42 Å². The van der Waals surface area contributed by atoms with Crippen molar-refractivity contribution in [1.29, 1.82) is 0 Å². The number of imidazole rings is 1. The molecule has 0 saturated carbocycles. The molecule has 6 rings (SSSR count). The number of hydrogen-bond donors (Lipinski definition) is 1. The molecule has 2 aromatic heterocycles. The van der Waals surface area contributed by atoms with Gasteiger partial charge in [-0.1, -0.05) is 0 Å². The molecule has 1 N–H and O–H groups in total. The van der Waals surface area contributed by atoms with Crippen LogP contribution in [0.4, 0.5) is 10.1 Å². The summed E-state index contributed by atoms with van der Waals surface area (Å²) >= 11 is 0. The lowest BCUT2D eigenvalue weighted by Gasteiger charge is -2.37. The molecule has 4 aromatic rings. The van der Waals surface area contributed by atoms with Gasteiger partial charge in [-0.2, -0.15) is 0 Å². The maximum Gasteiger partial charge on any atom is 0.217 e. The number of H-pyrrole nitrogens is 1. The summed E-state index contributed by atoms with van der Waals surface area (Å²) < 4.78 is 49.3. The first-order chi connectivity index (χ1) is 16.8. The van der Waals surface area contributed by atoms with Crippen LogP contribution < -0.4 is 14.4 Å². The number of nitrogens with zero attached hydrogens (tertiary/aromatic N) is 3. The molecule has 2 aromatic carbocycles. The number of pyridine rings is 1. The van der Waals surface area contributed by atoms with E-state index in [9.17, 15) is 12.8 Å². The van der Waals surface area contributed by atoms with Crippen molar-refractivity contribution in [1.82, 2.24) is 15.0 Å². The fourth-order valence-electron chi connectivity index (χ4n) is 5.16. The number of sulfone groups is 1. The molecule has 0 unspecified atom stereocenters. The van der Waals surface area contributed by atoms with Gasteiger partial charge in [0.2, 0.25) is 5.88 Å². The number of aromatic nitrogens is 3.